The van der Waals surface area contributed by atoms with E-state index in [1.54, 1.807) is 0 Å². The Bertz CT molecular complexity index is 913. The number of benzene rings is 1. The summed E-state index contributed by atoms with van der Waals surface area (Å²) in [4.78, 5) is 15.6. The summed E-state index contributed by atoms with van der Waals surface area (Å²) < 4.78 is 17.7. The maximum atomic E-state index is 13.6. The van der Waals surface area contributed by atoms with Gasteiger partial charge in [-0.3, -0.25) is 4.79 Å². The summed E-state index contributed by atoms with van der Waals surface area (Å²) in [7, 11) is 1.99. The molecule has 2 aromatic rings. The Hall–Kier alpha value is -2.48. The number of nitrogens with zero attached hydrogens (tertiary/aromatic N) is 2. The van der Waals surface area contributed by atoms with Crippen molar-refractivity contribution in [2.75, 3.05) is 14.1 Å². The number of rotatable bonds is 9. The standard InChI is InChI=1S/C23H30N2O4Si/c1-25(2)15-20-21(23(24-28-20)27-16-17-11-7-6-8-12-17)22(26)18-13-9-10-14-19(18)29-30(3,4)5/h6-14,18-19H,15-16H2,1-5H3. The van der Waals surface area contributed by atoms with Crippen LogP contribution in [-0.4, -0.2) is 44.4 Å². The van der Waals surface area contributed by atoms with Crippen molar-refractivity contribution in [1.29, 1.82) is 0 Å². The summed E-state index contributed by atoms with van der Waals surface area (Å²) >= 11 is 0. The Kier molecular flexibility index (Phi) is 7.07. The Morgan fingerprint density at radius 3 is 2.50 bits per heavy atom. The van der Waals surface area contributed by atoms with Crippen LogP contribution in [0.3, 0.4) is 0 Å². The van der Waals surface area contributed by atoms with Gasteiger partial charge in [0.2, 0.25) is 0 Å². The van der Waals surface area contributed by atoms with Crippen molar-refractivity contribution in [2.24, 2.45) is 5.92 Å². The molecule has 3 rings (SSSR count). The van der Waals surface area contributed by atoms with Gasteiger partial charge >= 0.3 is 0 Å². The molecule has 7 heteroatoms. The van der Waals surface area contributed by atoms with Crippen molar-refractivity contribution >= 4 is 14.1 Å². The van der Waals surface area contributed by atoms with E-state index in [0.29, 0.717) is 24.5 Å². The number of hydrogen-bond donors (Lipinski definition) is 0. The van der Waals surface area contributed by atoms with E-state index in [2.05, 4.69) is 24.8 Å². The highest BCUT2D eigenvalue weighted by molar-refractivity contribution is 6.69. The summed E-state index contributed by atoms with van der Waals surface area (Å²) in [5.74, 6) is 0.194. The molecular weight excluding hydrogens is 396 g/mol. The van der Waals surface area contributed by atoms with E-state index >= 15 is 0 Å². The second-order valence-corrected chi connectivity index (χ2v) is 13.1. The van der Waals surface area contributed by atoms with E-state index in [9.17, 15) is 4.79 Å². The molecule has 1 aliphatic carbocycles. The molecule has 1 heterocycles. The number of carbonyl (C=O) groups excluding carboxylic acids is 1. The molecule has 0 bridgehead atoms. The van der Waals surface area contributed by atoms with E-state index in [-0.39, 0.29) is 17.8 Å². The van der Waals surface area contributed by atoms with Crippen LogP contribution in [0.15, 0.2) is 59.2 Å². The summed E-state index contributed by atoms with van der Waals surface area (Å²) in [5.41, 5.74) is 1.39. The lowest BCUT2D eigenvalue weighted by Gasteiger charge is -2.29. The van der Waals surface area contributed by atoms with Crippen LogP contribution in [-0.2, 0) is 17.6 Å². The van der Waals surface area contributed by atoms with Crippen LogP contribution in [0.25, 0.3) is 0 Å². The van der Waals surface area contributed by atoms with Crippen LogP contribution in [0, 0.1) is 5.92 Å². The smallest absolute Gasteiger partial charge is 0.265 e. The minimum atomic E-state index is -1.85. The first-order valence-electron chi connectivity index (χ1n) is 10.1. The highest BCUT2D eigenvalue weighted by atomic mass is 28.4. The lowest BCUT2D eigenvalue weighted by Crippen LogP contribution is -2.38. The van der Waals surface area contributed by atoms with Crippen LogP contribution in [0.4, 0.5) is 0 Å². The topological polar surface area (TPSA) is 64.8 Å². The Labute approximate surface area is 179 Å². The van der Waals surface area contributed by atoms with Crippen molar-refractivity contribution in [2.45, 2.75) is 38.9 Å². The van der Waals surface area contributed by atoms with E-state index in [4.69, 9.17) is 13.7 Å². The Balaban J connectivity index is 1.89. The summed E-state index contributed by atoms with van der Waals surface area (Å²) in [6.07, 6.45) is 7.34. The van der Waals surface area contributed by atoms with Gasteiger partial charge in [0.25, 0.3) is 5.88 Å². The highest BCUT2D eigenvalue weighted by Gasteiger charge is 2.36. The summed E-state index contributed by atoms with van der Waals surface area (Å²) in [6, 6.07) is 9.78. The molecule has 6 nitrogen and oxygen atoms in total. The number of carbonyl (C=O) groups is 1. The second-order valence-electron chi connectivity index (χ2n) is 8.65. The first-order chi connectivity index (χ1) is 14.2. The first kappa shape index (κ1) is 22.2. The molecule has 1 aromatic heterocycles. The fraction of sp³-hybridized carbons (Fsp3) is 0.391. The first-order valence-corrected chi connectivity index (χ1v) is 13.5. The molecule has 0 fully saturated rings. The minimum Gasteiger partial charge on any atom is -0.470 e. The molecule has 0 spiro atoms. The van der Waals surface area contributed by atoms with Crippen molar-refractivity contribution in [3.05, 3.63) is 71.5 Å². The van der Waals surface area contributed by atoms with Gasteiger partial charge in [-0.15, -0.1) is 0 Å². The van der Waals surface area contributed by atoms with Crippen molar-refractivity contribution in [3.63, 3.8) is 0 Å². The van der Waals surface area contributed by atoms with Gasteiger partial charge in [0, 0.05) is 0 Å². The van der Waals surface area contributed by atoms with Gasteiger partial charge in [-0.2, -0.15) is 0 Å². The zero-order chi connectivity index (χ0) is 21.7. The minimum absolute atomic E-state index is 0.0972. The molecule has 1 aliphatic rings. The maximum absolute atomic E-state index is 13.6. The molecule has 0 N–H and O–H groups in total. The predicted molar refractivity (Wildman–Crippen MR) is 119 cm³/mol. The van der Waals surface area contributed by atoms with E-state index in [1.165, 1.54) is 0 Å². The fourth-order valence-corrected chi connectivity index (χ4v) is 4.32. The van der Waals surface area contributed by atoms with Gasteiger partial charge in [0.05, 0.1) is 18.6 Å². The van der Waals surface area contributed by atoms with Gasteiger partial charge in [-0.05, 0) is 44.5 Å². The molecule has 2 atom stereocenters. The SMILES string of the molecule is CN(C)Cc1onc(OCc2ccccc2)c1C(=O)C1C=CC=CC1O[Si](C)(C)C. The zero-order valence-electron chi connectivity index (χ0n) is 18.3. The maximum Gasteiger partial charge on any atom is 0.265 e. The van der Waals surface area contributed by atoms with E-state index in [1.807, 2.05) is 73.6 Å². The Morgan fingerprint density at radius 1 is 1.13 bits per heavy atom. The quantitative estimate of drug-likeness (QED) is 0.436. The summed E-state index contributed by atoms with van der Waals surface area (Å²) in [6.45, 7) is 7.11. The molecule has 0 saturated carbocycles. The molecule has 1 aromatic carbocycles. The van der Waals surface area contributed by atoms with Gasteiger partial charge in [-0.25, -0.2) is 0 Å². The van der Waals surface area contributed by atoms with Crippen LogP contribution in [0.1, 0.15) is 21.7 Å². The molecule has 30 heavy (non-hydrogen) atoms. The van der Waals surface area contributed by atoms with Crippen LogP contribution in [0.5, 0.6) is 5.88 Å². The predicted octanol–water partition coefficient (Wildman–Crippen LogP) is 4.46. The molecule has 0 amide bonds. The van der Waals surface area contributed by atoms with E-state index < -0.39 is 14.2 Å². The lowest BCUT2D eigenvalue weighted by atomic mass is 9.89. The number of allylic oxidation sites excluding steroid dienone is 2. The number of hydrogen-bond acceptors (Lipinski definition) is 6. The molecule has 160 valence electrons. The van der Waals surface area contributed by atoms with Crippen LogP contribution in [0.2, 0.25) is 19.6 Å². The van der Waals surface area contributed by atoms with Crippen LogP contribution >= 0.6 is 0 Å². The monoisotopic (exact) mass is 426 g/mol. The summed E-state index contributed by atoms with van der Waals surface area (Å²) in [5, 5.41) is 4.08. The van der Waals surface area contributed by atoms with Crippen molar-refractivity contribution in [3.8, 4) is 5.88 Å². The third-order valence-corrected chi connectivity index (χ3v) is 5.51. The Morgan fingerprint density at radius 2 is 1.83 bits per heavy atom. The number of aromatic nitrogens is 1. The van der Waals surface area contributed by atoms with Crippen LogP contribution < -0.4 is 4.74 Å². The third-order valence-electron chi connectivity index (χ3n) is 4.53. The second kappa shape index (κ2) is 9.55. The van der Waals surface area contributed by atoms with Gasteiger partial charge < -0.3 is 18.6 Å². The molecule has 2 unspecified atom stereocenters. The number of ether oxygens (including phenoxy) is 1. The van der Waals surface area contributed by atoms with E-state index in [0.717, 1.165) is 5.56 Å². The normalized spacial score (nSPS) is 18.7. The largest absolute Gasteiger partial charge is 0.470 e. The zero-order valence-corrected chi connectivity index (χ0v) is 19.3. The average molecular weight is 427 g/mol. The van der Waals surface area contributed by atoms with Gasteiger partial charge in [0.1, 0.15) is 12.2 Å². The molecular formula is C23H30N2O4Si. The lowest BCUT2D eigenvalue weighted by molar-refractivity contribution is 0.0850. The molecule has 0 saturated heterocycles. The number of ketones is 1. The third kappa shape index (κ3) is 5.78. The molecule has 0 aliphatic heterocycles. The highest BCUT2D eigenvalue weighted by Crippen LogP contribution is 2.31. The average Bonchev–Trinajstić information content (AvgIpc) is 3.07. The van der Waals surface area contributed by atoms with Gasteiger partial charge in [-0.1, -0.05) is 54.6 Å². The fourth-order valence-electron chi connectivity index (χ4n) is 3.28. The van der Waals surface area contributed by atoms with Crippen molar-refractivity contribution in [1.82, 2.24) is 10.1 Å². The molecule has 0 radical (unpaired) electrons. The number of Topliss-reactive ketones (excluding diaryl/α,β-unsaturated/α-hetero) is 1. The van der Waals surface area contributed by atoms with Crippen molar-refractivity contribution < 1.29 is 18.5 Å². The van der Waals surface area contributed by atoms with Gasteiger partial charge in [0.15, 0.2) is 19.9 Å².